The lowest BCUT2D eigenvalue weighted by atomic mass is 9.73. The molecule has 2 aromatic heterocycles. The largest absolute Gasteiger partial charge is 0.338 e. The number of amides is 1. The van der Waals surface area contributed by atoms with Gasteiger partial charge >= 0.3 is 0 Å². The Bertz CT molecular complexity index is 1090. The first-order valence-electron chi connectivity index (χ1n) is 10.5. The van der Waals surface area contributed by atoms with Crippen LogP contribution in [0.15, 0.2) is 47.2 Å². The van der Waals surface area contributed by atoms with Gasteiger partial charge in [0.1, 0.15) is 5.82 Å². The molecule has 2 fully saturated rings. The minimum atomic E-state index is -0.607. The van der Waals surface area contributed by atoms with Crippen LogP contribution in [0.3, 0.4) is 0 Å². The number of hydrogen-bond donors (Lipinski definition) is 0. The third-order valence-corrected chi connectivity index (χ3v) is 6.38. The van der Waals surface area contributed by atoms with Gasteiger partial charge in [-0.3, -0.25) is 9.78 Å². The van der Waals surface area contributed by atoms with E-state index >= 15 is 0 Å². The summed E-state index contributed by atoms with van der Waals surface area (Å²) >= 11 is 0. The number of pyridine rings is 1. The number of hydrogen-bond acceptors (Lipinski definition) is 5. The molecule has 0 N–H and O–H groups in total. The van der Waals surface area contributed by atoms with Crippen LogP contribution in [0.25, 0.3) is 11.5 Å². The molecular weight excluding hydrogens is 402 g/mol. The predicted octanol–water partition coefficient (Wildman–Crippen LogP) is 4.38. The Hall–Kier alpha value is -3.16. The van der Waals surface area contributed by atoms with Crippen molar-refractivity contribution in [3.05, 3.63) is 65.7 Å². The molecule has 8 heteroatoms. The number of carbonyl (C=O) groups excluding carboxylic acids is 1. The normalized spacial score (nSPS) is 18.2. The number of piperidine rings is 1. The van der Waals surface area contributed by atoms with E-state index in [1.165, 1.54) is 37.2 Å². The molecule has 3 aromatic rings. The Morgan fingerprint density at radius 1 is 1.13 bits per heavy atom. The molecule has 2 aliphatic rings. The zero-order valence-corrected chi connectivity index (χ0v) is 16.9. The van der Waals surface area contributed by atoms with Gasteiger partial charge < -0.3 is 9.42 Å². The van der Waals surface area contributed by atoms with Crippen LogP contribution in [-0.2, 0) is 5.41 Å². The smallest absolute Gasteiger partial charge is 0.257 e. The molecule has 6 nitrogen and oxygen atoms in total. The minimum Gasteiger partial charge on any atom is -0.338 e. The van der Waals surface area contributed by atoms with Crippen LogP contribution in [0.1, 0.15) is 48.3 Å². The third-order valence-electron chi connectivity index (χ3n) is 6.38. The van der Waals surface area contributed by atoms with Crippen molar-refractivity contribution in [3.63, 3.8) is 0 Å². The van der Waals surface area contributed by atoms with Crippen molar-refractivity contribution in [2.75, 3.05) is 13.1 Å². The van der Waals surface area contributed by atoms with Crippen molar-refractivity contribution >= 4 is 5.91 Å². The molecule has 160 valence electrons. The fourth-order valence-corrected chi connectivity index (χ4v) is 4.40. The quantitative estimate of drug-likeness (QED) is 0.608. The van der Waals surface area contributed by atoms with Crippen molar-refractivity contribution < 1.29 is 18.1 Å². The fourth-order valence-electron chi connectivity index (χ4n) is 4.40. The topological polar surface area (TPSA) is 72.1 Å². The van der Waals surface area contributed by atoms with Gasteiger partial charge in [0, 0.05) is 30.3 Å². The van der Waals surface area contributed by atoms with E-state index in [1.807, 2.05) is 0 Å². The van der Waals surface area contributed by atoms with Crippen LogP contribution in [-0.4, -0.2) is 39.0 Å². The number of likely N-dealkylation sites (tertiary alicyclic amines) is 1. The lowest BCUT2D eigenvalue weighted by Crippen LogP contribution is -2.46. The van der Waals surface area contributed by atoms with Gasteiger partial charge in [0.2, 0.25) is 0 Å². The molecule has 1 aliphatic carbocycles. The molecule has 0 atom stereocenters. The number of nitrogens with zero attached hydrogens (tertiary/aromatic N) is 4. The Balaban J connectivity index is 1.37. The van der Waals surface area contributed by atoms with Crippen LogP contribution in [0.2, 0.25) is 0 Å². The highest BCUT2D eigenvalue weighted by molar-refractivity contribution is 5.94. The van der Waals surface area contributed by atoms with Crippen LogP contribution in [0.4, 0.5) is 8.78 Å². The summed E-state index contributed by atoms with van der Waals surface area (Å²) in [6, 6.07) is 7.37. The van der Waals surface area contributed by atoms with E-state index in [9.17, 15) is 13.6 Å². The molecule has 3 heterocycles. The third kappa shape index (κ3) is 3.94. The van der Waals surface area contributed by atoms with Crippen molar-refractivity contribution in [2.24, 2.45) is 5.92 Å². The summed E-state index contributed by atoms with van der Waals surface area (Å²) < 4.78 is 32.8. The molecule has 5 rings (SSSR count). The van der Waals surface area contributed by atoms with Gasteiger partial charge in [-0.25, -0.2) is 8.78 Å². The summed E-state index contributed by atoms with van der Waals surface area (Å²) in [6.45, 7) is 0.988. The number of halogens is 2. The Morgan fingerprint density at radius 3 is 2.55 bits per heavy atom. The van der Waals surface area contributed by atoms with E-state index in [1.54, 1.807) is 17.0 Å². The van der Waals surface area contributed by atoms with Gasteiger partial charge in [-0.05, 0) is 55.5 Å². The number of benzene rings is 1. The SMILES string of the molecule is O=C(c1ccncc1F)N1CCC(CC2CC2)(c2noc(-c3ccc(F)cc3)n2)CC1. The van der Waals surface area contributed by atoms with Crippen LogP contribution >= 0.6 is 0 Å². The summed E-state index contributed by atoms with van der Waals surface area (Å²) in [4.78, 5) is 22.9. The van der Waals surface area contributed by atoms with Gasteiger partial charge in [-0.15, -0.1) is 0 Å². The molecular formula is C23H22F2N4O2. The molecule has 0 spiro atoms. The van der Waals surface area contributed by atoms with Crippen LogP contribution < -0.4 is 0 Å². The van der Waals surface area contributed by atoms with Gasteiger partial charge in [0.05, 0.1) is 11.8 Å². The standard InChI is InChI=1S/C23H22F2N4O2/c24-17-5-3-16(4-6-17)20-27-22(28-31-20)23(13-15-1-2-15)8-11-29(12-9-23)21(30)18-7-10-26-14-19(18)25/h3-7,10,14-15H,1-2,8-9,11-13H2. The number of carbonyl (C=O) groups is 1. The summed E-state index contributed by atoms with van der Waals surface area (Å²) in [5, 5.41) is 4.28. The van der Waals surface area contributed by atoms with E-state index < -0.39 is 5.82 Å². The summed E-state index contributed by atoms with van der Waals surface area (Å²) in [5.74, 6) is 0.386. The maximum absolute atomic E-state index is 14.0. The molecule has 1 aliphatic heterocycles. The van der Waals surface area contributed by atoms with Gasteiger partial charge in [0.15, 0.2) is 11.6 Å². The maximum atomic E-state index is 14.0. The van der Waals surface area contributed by atoms with Crippen molar-refractivity contribution in [1.82, 2.24) is 20.0 Å². The van der Waals surface area contributed by atoms with E-state index in [-0.39, 0.29) is 22.7 Å². The van der Waals surface area contributed by atoms with E-state index in [0.29, 0.717) is 49.1 Å². The summed E-state index contributed by atoms with van der Waals surface area (Å²) in [5.41, 5.74) is 0.432. The summed E-state index contributed by atoms with van der Waals surface area (Å²) in [6.07, 6.45) is 7.18. The first-order chi connectivity index (χ1) is 15.0. The molecule has 1 saturated carbocycles. The maximum Gasteiger partial charge on any atom is 0.257 e. The average Bonchev–Trinajstić information content (AvgIpc) is 3.45. The predicted molar refractivity (Wildman–Crippen MR) is 108 cm³/mol. The van der Waals surface area contributed by atoms with Gasteiger partial charge in [-0.1, -0.05) is 18.0 Å². The lowest BCUT2D eigenvalue weighted by molar-refractivity contribution is 0.0641. The first-order valence-corrected chi connectivity index (χ1v) is 10.5. The lowest BCUT2D eigenvalue weighted by Gasteiger charge is -2.40. The summed E-state index contributed by atoms with van der Waals surface area (Å²) in [7, 11) is 0. The van der Waals surface area contributed by atoms with E-state index in [2.05, 4.69) is 15.1 Å². The van der Waals surface area contributed by atoms with Crippen molar-refractivity contribution in [2.45, 2.75) is 37.5 Å². The number of rotatable bonds is 5. The molecule has 1 saturated heterocycles. The molecule has 1 aromatic carbocycles. The Labute approximate surface area is 178 Å². The van der Waals surface area contributed by atoms with Gasteiger partial charge in [-0.2, -0.15) is 4.98 Å². The van der Waals surface area contributed by atoms with Gasteiger partial charge in [0.25, 0.3) is 11.8 Å². The monoisotopic (exact) mass is 424 g/mol. The van der Waals surface area contributed by atoms with Crippen LogP contribution in [0, 0.1) is 17.6 Å². The fraction of sp³-hybridized carbons (Fsp3) is 0.391. The highest BCUT2D eigenvalue weighted by Gasteiger charge is 2.45. The number of aromatic nitrogens is 3. The van der Waals surface area contributed by atoms with Crippen molar-refractivity contribution in [3.8, 4) is 11.5 Å². The highest BCUT2D eigenvalue weighted by atomic mass is 19.1. The highest BCUT2D eigenvalue weighted by Crippen LogP contribution is 2.47. The van der Waals surface area contributed by atoms with E-state index in [0.717, 1.165) is 12.6 Å². The molecule has 1 amide bonds. The molecule has 0 radical (unpaired) electrons. The minimum absolute atomic E-state index is 0.0443. The molecule has 0 unspecified atom stereocenters. The Morgan fingerprint density at radius 2 is 1.87 bits per heavy atom. The Kier molecular flexibility index (Phi) is 5.00. The van der Waals surface area contributed by atoms with Crippen molar-refractivity contribution in [1.29, 1.82) is 0 Å². The average molecular weight is 424 g/mol. The molecule has 0 bridgehead atoms. The molecule has 31 heavy (non-hydrogen) atoms. The first kappa shape index (κ1) is 19.8. The second kappa shape index (κ2) is 7.83. The second-order valence-electron chi connectivity index (χ2n) is 8.51. The second-order valence-corrected chi connectivity index (χ2v) is 8.51. The zero-order chi connectivity index (χ0) is 21.4. The zero-order valence-electron chi connectivity index (χ0n) is 16.9. The van der Waals surface area contributed by atoms with E-state index in [4.69, 9.17) is 4.52 Å². The van der Waals surface area contributed by atoms with Crippen LogP contribution in [0.5, 0.6) is 0 Å².